The topological polar surface area (TPSA) is 29.1 Å². The van der Waals surface area contributed by atoms with Crippen LogP contribution >= 0.6 is 0 Å². The maximum atomic E-state index is 11.7. The van der Waals surface area contributed by atoms with Crippen LogP contribution in [0.15, 0.2) is 42.6 Å². The van der Waals surface area contributed by atoms with E-state index in [0.717, 1.165) is 6.42 Å². The highest BCUT2D eigenvalue weighted by molar-refractivity contribution is 5.94. The van der Waals surface area contributed by atoms with Gasteiger partial charge in [-0.05, 0) is 25.0 Å². The van der Waals surface area contributed by atoms with Gasteiger partial charge in [0.1, 0.15) is 0 Å². The average Bonchev–Trinajstić information content (AvgIpc) is 2.46. The molecule has 19 heavy (non-hydrogen) atoms. The Morgan fingerprint density at radius 3 is 2.47 bits per heavy atom. The average molecular weight is 259 g/mol. The molecule has 0 fully saturated rings. The monoisotopic (exact) mass is 259 g/mol. The number of nitrogens with one attached hydrogen (secondary N) is 1. The van der Waals surface area contributed by atoms with Gasteiger partial charge < -0.3 is 5.32 Å². The van der Waals surface area contributed by atoms with Gasteiger partial charge in [-0.25, -0.2) is 0 Å². The van der Waals surface area contributed by atoms with Crippen molar-refractivity contribution in [3.8, 4) is 0 Å². The van der Waals surface area contributed by atoms with Crippen LogP contribution in [0.4, 0.5) is 0 Å². The second-order valence-electron chi connectivity index (χ2n) is 4.80. The summed E-state index contributed by atoms with van der Waals surface area (Å²) in [6.07, 6.45) is 12.7. The highest BCUT2D eigenvalue weighted by Crippen LogP contribution is 2.07. The third-order valence-electron chi connectivity index (χ3n) is 3.09. The molecular weight excluding hydrogens is 234 g/mol. The van der Waals surface area contributed by atoms with Crippen LogP contribution < -0.4 is 5.32 Å². The van der Waals surface area contributed by atoms with Crippen LogP contribution in [0, 0.1) is 0 Å². The number of benzene rings is 1. The molecule has 0 heterocycles. The number of carbonyl (C=O) groups is 1. The number of unbranched alkanes of at least 4 members (excludes halogenated alkanes) is 6. The van der Waals surface area contributed by atoms with Crippen molar-refractivity contribution in [1.82, 2.24) is 5.32 Å². The van der Waals surface area contributed by atoms with Gasteiger partial charge in [-0.15, -0.1) is 0 Å². The Balaban J connectivity index is 2.06. The molecule has 1 rings (SSSR count). The Bertz CT molecular complexity index is 370. The number of amides is 1. The SMILES string of the molecule is CCCCCCCCC=CNC(=O)c1ccccc1. The van der Waals surface area contributed by atoms with Crippen LogP contribution in [0.2, 0.25) is 0 Å². The van der Waals surface area contributed by atoms with Crippen molar-refractivity contribution >= 4 is 5.91 Å². The molecule has 0 aliphatic heterocycles. The molecule has 0 aliphatic rings. The lowest BCUT2D eigenvalue weighted by Crippen LogP contribution is -2.16. The predicted octanol–water partition coefficient (Wildman–Crippen LogP) is 4.68. The number of rotatable bonds is 9. The van der Waals surface area contributed by atoms with Crippen LogP contribution in [0.25, 0.3) is 0 Å². The predicted molar refractivity (Wildman–Crippen MR) is 81.0 cm³/mol. The molecule has 0 saturated heterocycles. The number of carbonyl (C=O) groups excluding carboxylic acids is 1. The lowest BCUT2D eigenvalue weighted by Gasteiger charge is -2.00. The summed E-state index contributed by atoms with van der Waals surface area (Å²) in [5, 5.41) is 2.79. The standard InChI is InChI=1S/C17H25NO/c1-2-3-4-5-6-7-8-12-15-18-17(19)16-13-10-9-11-14-16/h9-15H,2-8H2,1H3,(H,18,19). The third-order valence-corrected chi connectivity index (χ3v) is 3.09. The minimum atomic E-state index is -0.0419. The van der Waals surface area contributed by atoms with Crippen LogP contribution in [-0.4, -0.2) is 5.91 Å². The van der Waals surface area contributed by atoms with Crippen molar-refractivity contribution in [3.63, 3.8) is 0 Å². The molecule has 1 aromatic rings. The number of hydrogen-bond acceptors (Lipinski definition) is 1. The molecule has 1 aromatic carbocycles. The van der Waals surface area contributed by atoms with E-state index in [2.05, 4.69) is 12.2 Å². The molecule has 0 aromatic heterocycles. The molecule has 104 valence electrons. The van der Waals surface area contributed by atoms with Crippen LogP contribution in [0.1, 0.15) is 62.2 Å². The first kappa shape index (κ1) is 15.5. The Morgan fingerprint density at radius 2 is 1.74 bits per heavy atom. The molecule has 0 atom stereocenters. The molecule has 0 aliphatic carbocycles. The highest BCUT2D eigenvalue weighted by atomic mass is 16.1. The number of hydrogen-bond donors (Lipinski definition) is 1. The van der Waals surface area contributed by atoms with Crippen molar-refractivity contribution in [2.75, 3.05) is 0 Å². The normalized spacial score (nSPS) is 10.8. The van der Waals surface area contributed by atoms with Gasteiger partial charge in [-0.1, -0.05) is 63.3 Å². The summed E-state index contributed by atoms with van der Waals surface area (Å²) in [6.45, 7) is 2.23. The summed E-state index contributed by atoms with van der Waals surface area (Å²) in [7, 11) is 0. The van der Waals surface area contributed by atoms with Gasteiger partial charge in [-0.3, -0.25) is 4.79 Å². The lowest BCUT2D eigenvalue weighted by molar-refractivity contribution is 0.0970. The van der Waals surface area contributed by atoms with Gasteiger partial charge in [0, 0.05) is 11.8 Å². The summed E-state index contributed by atoms with van der Waals surface area (Å²) in [6, 6.07) is 9.28. The zero-order chi connectivity index (χ0) is 13.8. The van der Waals surface area contributed by atoms with Crippen molar-refractivity contribution < 1.29 is 4.79 Å². The quantitative estimate of drug-likeness (QED) is 0.641. The highest BCUT2D eigenvalue weighted by Gasteiger charge is 1.99. The first-order valence-corrected chi connectivity index (χ1v) is 7.35. The van der Waals surface area contributed by atoms with Gasteiger partial charge in [0.25, 0.3) is 5.91 Å². The van der Waals surface area contributed by atoms with Crippen molar-refractivity contribution in [2.45, 2.75) is 51.9 Å². The number of allylic oxidation sites excluding steroid dienone is 1. The maximum Gasteiger partial charge on any atom is 0.255 e. The van der Waals surface area contributed by atoms with Crippen molar-refractivity contribution in [1.29, 1.82) is 0 Å². The third kappa shape index (κ3) is 7.45. The fourth-order valence-electron chi connectivity index (χ4n) is 1.93. The molecule has 0 radical (unpaired) electrons. The zero-order valence-electron chi connectivity index (χ0n) is 11.9. The summed E-state index contributed by atoms with van der Waals surface area (Å²) in [5.74, 6) is -0.0419. The summed E-state index contributed by atoms with van der Waals surface area (Å²) < 4.78 is 0. The van der Waals surface area contributed by atoms with Crippen LogP contribution in [0.5, 0.6) is 0 Å². The Morgan fingerprint density at radius 1 is 1.05 bits per heavy atom. The molecule has 1 N–H and O–H groups in total. The van der Waals surface area contributed by atoms with E-state index in [4.69, 9.17) is 0 Å². The van der Waals surface area contributed by atoms with Gasteiger partial charge in [0.05, 0.1) is 0 Å². The zero-order valence-corrected chi connectivity index (χ0v) is 11.9. The molecule has 2 heteroatoms. The van der Waals surface area contributed by atoms with Crippen molar-refractivity contribution in [3.05, 3.63) is 48.2 Å². The summed E-state index contributed by atoms with van der Waals surface area (Å²) >= 11 is 0. The van der Waals surface area contributed by atoms with Gasteiger partial charge >= 0.3 is 0 Å². The molecular formula is C17H25NO. The fraction of sp³-hybridized carbons (Fsp3) is 0.471. The van der Waals surface area contributed by atoms with E-state index in [0.29, 0.717) is 5.56 Å². The largest absolute Gasteiger partial charge is 0.329 e. The molecule has 2 nitrogen and oxygen atoms in total. The van der Waals surface area contributed by atoms with E-state index in [1.807, 2.05) is 36.4 Å². The Hall–Kier alpha value is -1.57. The second-order valence-corrected chi connectivity index (χ2v) is 4.80. The van der Waals surface area contributed by atoms with Crippen LogP contribution in [0.3, 0.4) is 0 Å². The second kappa shape index (κ2) is 10.4. The van der Waals surface area contributed by atoms with Crippen LogP contribution in [-0.2, 0) is 0 Å². The van der Waals surface area contributed by atoms with E-state index in [9.17, 15) is 4.79 Å². The molecule has 0 unspecified atom stereocenters. The van der Waals surface area contributed by atoms with E-state index >= 15 is 0 Å². The fourth-order valence-corrected chi connectivity index (χ4v) is 1.93. The first-order chi connectivity index (χ1) is 9.34. The molecule has 0 saturated carbocycles. The Kier molecular flexibility index (Phi) is 8.45. The van der Waals surface area contributed by atoms with Gasteiger partial charge in [0.2, 0.25) is 0 Å². The van der Waals surface area contributed by atoms with Gasteiger partial charge in [-0.2, -0.15) is 0 Å². The molecule has 0 spiro atoms. The van der Waals surface area contributed by atoms with E-state index in [1.165, 1.54) is 38.5 Å². The molecule has 1 amide bonds. The van der Waals surface area contributed by atoms with E-state index < -0.39 is 0 Å². The van der Waals surface area contributed by atoms with Crippen molar-refractivity contribution in [2.24, 2.45) is 0 Å². The first-order valence-electron chi connectivity index (χ1n) is 7.35. The van der Waals surface area contributed by atoms with E-state index in [-0.39, 0.29) is 5.91 Å². The summed E-state index contributed by atoms with van der Waals surface area (Å²) in [5.41, 5.74) is 0.701. The minimum absolute atomic E-state index is 0.0419. The Labute approximate surface area is 116 Å². The smallest absolute Gasteiger partial charge is 0.255 e. The lowest BCUT2D eigenvalue weighted by atomic mass is 10.1. The summed E-state index contributed by atoms with van der Waals surface area (Å²) in [4.78, 5) is 11.7. The van der Waals surface area contributed by atoms with Gasteiger partial charge in [0.15, 0.2) is 0 Å². The maximum absolute atomic E-state index is 11.7. The minimum Gasteiger partial charge on any atom is -0.329 e. The molecule has 0 bridgehead atoms. The van der Waals surface area contributed by atoms with E-state index in [1.54, 1.807) is 6.20 Å².